The van der Waals surface area contributed by atoms with E-state index in [2.05, 4.69) is 28.9 Å². The summed E-state index contributed by atoms with van der Waals surface area (Å²) in [5, 5.41) is 0. The van der Waals surface area contributed by atoms with Crippen LogP contribution in [0.2, 0.25) is 0 Å². The van der Waals surface area contributed by atoms with Crippen molar-refractivity contribution >= 4 is 5.91 Å². The summed E-state index contributed by atoms with van der Waals surface area (Å²) in [5.41, 5.74) is 1.21. The first-order valence-electron chi connectivity index (χ1n) is 8.29. The van der Waals surface area contributed by atoms with E-state index in [4.69, 9.17) is 4.74 Å². The van der Waals surface area contributed by atoms with E-state index < -0.39 is 0 Å². The molecule has 1 saturated heterocycles. The number of amides is 1. The zero-order chi connectivity index (χ0) is 15.8. The lowest BCUT2D eigenvalue weighted by Crippen LogP contribution is -2.42. The van der Waals surface area contributed by atoms with Gasteiger partial charge in [-0.05, 0) is 18.4 Å². The van der Waals surface area contributed by atoms with Gasteiger partial charge in [-0.2, -0.15) is 0 Å². The van der Waals surface area contributed by atoms with Crippen LogP contribution >= 0.6 is 0 Å². The Morgan fingerprint density at radius 3 is 2.73 bits per heavy atom. The lowest BCUT2D eigenvalue weighted by molar-refractivity contribution is -0.133. The first-order valence-corrected chi connectivity index (χ1v) is 8.29. The molecule has 4 nitrogen and oxygen atoms in total. The third kappa shape index (κ3) is 4.82. The highest BCUT2D eigenvalue weighted by Crippen LogP contribution is 2.17. The molecule has 0 aromatic heterocycles. The quantitative estimate of drug-likeness (QED) is 0.726. The van der Waals surface area contributed by atoms with Crippen LogP contribution in [0.3, 0.4) is 0 Å². The van der Waals surface area contributed by atoms with Crippen LogP contribution in [0.4, 0.5) is 0 Å². The number of carbonyl (C=O) groups is 1. The van der Waals surface area contributed by atoms with E-state index >= 15 is 0 Å². The minimum Gasteiger partial charge on any atom is -0.385 e. The van der Waals surface area contributed by atoms with Crippen LogP contribution in [0.5, 0.6) is 0 Å². The average molecular weight is 304 g/mol. The average Bonchev–Trinajstić information content (AvgIpc) is 2.69. The number of benzene rings is 1. The second-order valence-corrected chi connectivity index (χ2v) is 5.97. The van der Waals surface area contributed by atoms with Gasteiger partial charge in [-0.25, -0.2) is 0 Å². The molecule has 1 heterocycles. The Hall–Kier alpha value is -1.39. The summed E-state index contributed by atoms with van der Waals surface area (Å²) < 4.78 is 5.13. The Balaban J connectivity index is 2.00. The van der Waals surface area contributed by atoms with Crippen LogP contribution in [0.15, 0.2) is 30.3 Å². The maximum absolute atomic E-state index is 12.5. The molecular formula is C18H28N2O2. The molecular weight excluding hydrogens is 276 g/mol. The highest BCUT2D eigenvalue weighted by molar-refractivity contribution is 5.77. The lowest BCUT2D eigenvalue weighted by Gasteiger charge is -2.31. The summed E-state index contributed by atoms with van der Waals surface area (Å²) in [4.78, 5) is 17.0. The number of methoxy groups -OCH3 is 1. The van der Waals surface area contributed by atoms with Gasteiger partial charge in [0.05, 0.1) is 0 Å². The molecule has 0 bridgehead atoms. The third-order valence-corrected chi connectivity index (χ3v) is 4.36. The number of rotatable bonds is 7. The molecule has 1 unspecified atom stereocenters. The van der Waals surface area contributed by atoms with Crippen LogP contribution in [0.1, 0.15) is 31.7 Å². The summed E-state index contributed by atoms with van der Waals surface area (Å²) in [7, 11) is 1.74. The molecule has 122 valence electrons. The largest absolute Gasteiger partial charge is 0.385 e. The SMILES string of the molecule is CCC1CN(CCCOC)CCC(=O)N1Cc1ccccc1. The van der Waals surface area contributed by atoms with Crippen LogP contribution in [0, 0.1) is 0 Å². The highest BCUT2D eigenvalue weighted by atomic mass is 16.5. The Morgan fingerprint density at radius 1 is 1.27 bits per heavy atom. The van der Waals surface area contributed by atoms with Gasteiger partial charge in [0, 0.05) is 52.4 Å². The first kappa shape index (κ1) is 17.0. The molecule has 1 aromatic carbocycles. The summed E-state index contributed by atoms with van der Waals surface area (Å²) >= 11 is 0. The molecule has 1 aromatic rings. The van der Waals surface area contributed by atoms with Gasteiger partial charge in [-0.1, -0.05) is 37.3 Å². The van der Waals surface area contributed by atoms with Crippen molar-refractivity contribution in [2.45, 2.75) is 38.8 Å². The monoisotopic (exact) mass is 304 g/mol. The number of nitrogens with zero attached hydrogens (tertiary/aromatic N) is 2. The summed E-state index contributed by atoms with van der Waals surface area (Å²) in [6.45, 7) is 6.54. The van der Waals surface area contributed by atoms with E-state index in [-0.39, 0.29) is 5.91 Å². The van der Waals surface area contributed by atoms with Gasteiger partial charge in [0.2, 0.25) is 5.91 Å². The number of carbonyl (C=O) groups excluding carboxylic acids is 1. The van der Waals surface area contributed by atoms with Crippen molar-refractivity contribution in [2.75, 3.05) is 33.4 Å². The minimum absolute atomic E-state index is 0.282. The van der Waals surface area contributed by atoms with Crippen molar-refractivity contribution in [3.05, 3.63) is 35.9 Å². The second-order valence-electron chi connectivity index (χ2n) is 5.97. The molecule has 0 spiro atoms. The number of hydrogen-bond acceptors (Lipinski definition) is 3. The van der Waals surface area contributed by atoms with Crippen molar-refractivity contribution in [1.29, 1.82) is 0 Å². The van der Waals surface area contributed by atoms with Crippen molar-refractivity contribution in [2.24, 2.45) is 0 Å². The standard InChI is InChI=1S/C18H28N2O2/c1-3-17-15-19(11-7-13-22-2)12-10-18(21)20(17)14-16-8-5-4-6-9-16/h4-6,8-9,17H,3,7,10-15H2,1-2H3. The van der Waals surface area contributed by atoms with Gasteiger partial charge in [-0.3, -0.25) is 4.79 Å². The molecule has 0 saturated carbocycles. The fraction of sp³-hybridized carbons (Fsp3) is 0.611. The van der Waals surface area contributed by atoms with Crippen LogP contribution < -0.4 is 0 Å². The summed E-state index contributed by atoms with van der Waals surface area (Å²) in [6, 6.07) is 10.6. The van der Waals surface area contributed by atoms with Gasteiger partial charge in [-0.15, -0.1) is 0 Å². The number of hydrogen-bond donors (Lipinski definition) is 0. The van der Waals surface area contributed by atoms with Crippen LogP contribution in [0.25, 0.3) is 0 Å². The predicted molar refractivity (Wildman–Crippen MR) is 88.6 cm³/mol. The summed E-state index contributed by atoms with van der Waals surface area (Å²) in [6.07, 6.45) is 2.65. The summed E-state index contributed by atoms with van der Waals surface area (Å²) in [5.74, 6) is 0.282. The lowest BCUT2D eigenvalue weighted by atomic mass is 10.1. The Labute approximate surface area is 134 Å². The van der Waals surface area contributed by atoms with Crippen LogP contribution in [-0.4, -0.2) is 55.1 Å². The molecule has 1 aliphatic rings. The fourth-order valence-corrected chi connectivity index (χ4v) is 3.07. The highest BCUT2D eigenvalue weighted by Gasteiger charge is 2.28. The van der Waals surface area contributed by atoms with Gasteiger partial charge >= 0.3 is 0 Å². The molecule has 22 heavy (non-hydrogen) atoms. The van der Waals surface area contributed by atoms with E-state index in [1.54, 1.807) is 7.11 Å². The number of ether oxygens (including phenoxy) is 1. The maximum atomic E-state index is 12.5. The van der Waals surface area contributed by atoms with Crippen molar-refractivity contribution < 1.29 is 9.53 Å². The topological polar surface area (TPSA) is 32.8 Å². The zero-order valence-electron chi connectivity index (χ0n) is 13.8. The van der Waals surface area contributed by atoms with E-state index in [1.165, 1.54) is 5.56 Å². The third-order valence-electron chi connectivity index (χ3n) is 4.36. The smallest absolute Gasteiger partial charge is 0.224 e. The van der Waals surface area contributed by atoms with Gasteiger partial charge < -0.3 is 14.5 Å². The van der Waals surface area contributed by atoms with Crippen molar-refractivity contribution in [3.8, 4) is 0 Å². The molecule has 2 rings (SSSR count). The Bertz CT molecular complexity index is 450. The van der Waals surface area contributed by atoms with Gasteiger partial charge in [0.1, 0.15) is 0 Å². The molecule has 0 N–H and O–H groups in total. The molecule has 1 amide bonds. The van der Waals surface area contributed by atoms with E-state index in [0.29, 0.717) is 12.5 Å². The minimum atomic E-state index is 0.282. The molecule has 1 fully saturated rings. The molecule has 0 aliphatic carbocycles. The molecule has 1 atom stereocenters. The van der Waals surface area contributed by atoms with E-state index in [1.807, 2.05) is 18.2 Å². The maximum Gasteiger partial charge on any atom is 0.224 e. The predicted octanol–water partition coefficient (Wildman–Crippen LogP) is 2.54. The Morgan fingerprint density at radius 2 is 2.05 bits per heavy atom. The molecule has 0 radical (unpaired) electrons. The van der Waals surface area contributed by atoms with Gasteiger partial charge in [0.15, 0.2) is 0 Å². The zero-order valence-corrected chi connectivity index (χ0v) is 13.8. The van der Waals surface area contributed by atoms with Gasteiger partial charge in [0.25, 0.3) is 0 Å². The van der Waals surface area contributed by atoms with Crippen molar-refractivity contribution in [1.82, 2.24) is 9.80 Å². The Kier molecular flexibility index (Phi) is 6.87. The second kappa shape index (κ2) is 8.91. The first-order chi connectivity index (χ1) is 10.7. The molecule has 1 aliphatic heterocycles. The van der Waals surface area contributed by atoms with E-state index in [0.717, 1.165) is 45.6 Å². The normalized spacial score (nSPS) is 20.2. The van der Waals surface area contributed by atoms with Crippen LogP contribution in [-0.2, 0) is 16.1 Å². The van der Waals surface area contributed by atoms with E-state index in [9.17, 15) is 4.79 Å². The van der Waals surface area contributed by atoms with Crippen molar-refractivity contribution in [3.63, 3.8) is 0 Å². The molecule has 4 heteroatoms. The fourth-order valence-electron chi connectivity index (χ4n) is 3.07.